The lowest BCUT2D eigenvalue weighted by Gasteiger charge is -2.15. The zero-order chi connectivity index (χ0) is 28.8. The predicted octanol–water partition coefficient (Wildman–Crippen LogP) is 6.60. The smallest absolute Gasteiger partial charge is 0.418 e. The Morgan fingerprint density at radius 2 is 1.82 bits per heavy atom. The summed E-state index contributed by atoms with van der Waals surface area (Å²) in [5, 5.41) is 4.32. The fourth-order valence-electron chi connectivity index (χ4n) is 3.56. The maximum Gasteiger partial charge on any atom is 0.418 e. The number of carbonyl (C=O) groups is 1. The van der Waals surface area contributed by atoms with Crippen LogP contribution in [0.25, 0.3) is 11.0 Å². The molecule has 2 aromatic heterocycles. The van der Waals surface area contributed by atoms with Gasteiger partial charge in [0.2, 0.25) is 0 Å². The summed E-state index contributed by atoms with van der Waals surface area (Å²) in [4.78, 5) is 16.0. The largest absolute Gasteiger partial charge is 0.450 e. The van der Waals surface area contributed by atoms with Crippen molar-refractivity contribution >= 4 is 30.8 Å². The van der Waals surface area contributed by atoms with Gasteiger partial charge in [-0.3, -0.25) is 0 Å². The van der Waals surface area contributed by atoms with Gasteiger partial charge < -0.3 is 29.4 Å². The fraction of sp³-hybridized carbons (Fsp3) is 0.440. The molecule has 3 aromatic rings. The SMILES string of the molecule is COCCCNC(=O)Nc1cc(F)c(Oc2ccnc3c2c(C(F)(F)F)cn3COCC[Si](C)(C)C)c(F)c1. The van der Waals surface area contributed by atoms with Gasteiger partial charge in [0.25, 0.3) is 0 Å². The number of hydrogen-bond donors (Lipinski definition) is 2. The Morgan fingerprint density at radius 3 is 2.44 bits per heavy atom. The van der Waals surface area contributed by atoms with Crippen molar-refractivity contribution in [3.05, 3.63) is 47.8 Å². The highest BCUT2D eigenvalue weighted by Crippen LogP contribution is 2.42. The number of aromatic nitrogens is 2. The summed E-state index contributed by atoms with van der Waals surface area (Å²) in [6.07, 6.45) is -2.25. The number of carbonyl (C=O) groups excluding carboxylic acids is 1. The van der Waals surface area contributed by atoms with Crippen LogP contribution in [0.5, 0.6) is 11.5 Å². The number of rotatable bonds is 12. The summed E-state index contributed by atoms with van der Waals surface area (Å²) >= 11 is 0. The number of nitrogens with zero attached hydrogens (tertiary/aromatic N) is 2. The molecule has 0 unspecified atom stereocenters. The Labute approximate surface area is 223 Å². The molecule has 14 heteroatoms. The molecular formula is C25H31F5N4O4Si. The number of methoxy groups -OCH3 is 1. The summed E-state index contributed by atoms with van der Waals surface area (Å²) in [7, 11) is 0.0987. The summed E-state index contributed by atoms with van der Waals surface area (Å²) in [6.45, 7) is 7.31. The van der Waals surface area contributed by atoms with Crippen LogP contribution in [0.1, 0.15) is 12.0 Å². The number of hydrogen-bond acceptors (Lipinski definition) is 5. The molecule has 0 saturated carbocycles. The standard InChI is InChI=1S/C25H31F5N4O4Si/c1-36-9-5-7-32-24(35)33-16-12-18(26)22(19(27)13-16)38-20-6-8-31-23-21(20)17(25(28,29)30)14-34(23)15-37-10-11-39(2,3)4/h6,8,12-14H,5,7,9-11,15H2,1-4H3,(H2,32,33,35). The van der Waals surface area contributed by atoms with Gasteiger partial charge in [0.1, 0.15) is 18.1 Å². The first-order chi connectivity index (χ1) is 18.3. The Morgan fingerprint density at radius 1 is 1.13 bits per heavy atom. The topological polar surface area (TPSA) is 86.6 Å². The minimum atomic E-state index is -4.80. The fourth-order valence-corrected chi connectivity index (χ4v) is 4.32. The van der Waals surface area contributed by atoms with Crippen molar-refractivity contribution in [1.29, 1.82) is 0 Å². The third-order valence-electron chi connectivity index (χ3n) is 5.53. The third-order valence-corrected chi connectivity index (χ3v) is 7.23. The molecule has 2 heterocycles. The number of ether oxygens (including phenoxy) is 3. The number of fused-ring (bicyclic) bond motifs is 1. The number of urea groups is 1. The highest BCUT2D eigenvalue weighted by Gasteiger charge is 2.37. The van der Waals surface area contributed by atoms with Crippen molar-refractivity contribution in [2.45, 2.75) is 45.0 Å². The Hall–Kier alpha value is -3.23. The number of halogens is 5. The molecule has 2 amide bonds. The van der Waals surface area contributed by atoms with Crippen molar-refractivity contribution in [1.82, 2.24) is 14.9 Å². The molecule has 0 radical (unpaired) electrons. The Balaban J connectivity index is 1.86. The van der Waals surface area contributed by atoms with E-state index in [4.69, 9.17) is 14.2 Å². The van der Waals surface area contributed by atoms with Crippen molar-refractivity contribution in [3.63, 3.8) is 0 Å². The molecule has 0 aliphatic carbocycles. The summed E-state index contributed by atoms with van der Waals surface area (Å²) in [5.41, 5.74) is -1.41. The van der Waals surface area contributed by atoms with Crippen molar-refractivity contribution in [2.75, 3.05) is 32.2 Å². The lowest BCUT2D eigenvalue weighted by atomic mass is 10.2. The quantitative estimate of drug-likeness (QED) is 0.145. The first-order valence-corrected chi connectivity index (χ1v) is 15.8. The number of amides is 2. The highest BCUT2D eigenvalue weighted by molar-refractivity contribution is 6.76. The minimum Gasteiger partial charge on any atom is -0.450 e. The Kier molecular flexibility index (Phi) is 9.91. The number of anilines is 1. The van der Waals surface area contributed by atoms with Gasteiger partial charge in [-0.15, -0.1) is 0 Å². The van der Waals surface area contributed by atoms with Crippen LogP contribution in [0.2, 0.25) is 25.7 Å². The van der Waals surface area contributed by atoms with Crippen LogP contribution >= 0.6 is 0 Å². The van der Waals surface area contributed by atoms with E-state index in [9.17, 15) is 26.7 Å². The van der Waals surface area contributed by atoms with E-state index in [0.717, 1.165) is 30.4 Å². The van der Waals surface area contributed by atoms with Crippen molar-refractivity contribution < 1.29 is 41.0 Å². The average Bonchev–Trinajstić information content (AvgIpc) is 3.21. The average molecular weight is 575 g/mol. The van der Waals surface area contributed by atoms with Gasteiger partial charge in [0.05, 0.1) is 10.9 Å². The molecule has 2 N–H and O–H groups in total. The van der Waals surface area contributed by atoms with Gasteiger partial charge in [-0.2, -0.15) is 13.2 Å². The Bertz CT molecular complexity index is 1270. The molecule has 0 saturated heterocycles. The van der Waals surface area contributed by atoms with Gasteiger partial charge in [0, 0.05) is 65.2 Å². The van der Waals surface area contributed by atoms with E-state index in [-0.39, 0.29) is 24.6 Å². The second-order valence-corrected chi connectivity index (χ2v) is 15.6. The van der Waals surface area contributed by atoms with Gasteiger partial charge >= 0.3 is 12.2 Å². The van der Waals surface area contributed by atoms with Crippen LogP contribution in [0.15, 0.2) is 30.6 Å². The number of pyridine rings is 1. The second-order valence-electron chi connectivity index (χ2n) is 9.96. The lowest BCUT2D eigenvalue weighted by Crippen LogP contribution is -2.30. The van der Waals surface area contributed by atoms with Gasteiger partial charge in [0.15, 0.2) is 17.4 Å². The van der Waals surface area contributed by atoms with Crippen LogP contribution in [0.4, 0.5) is 32.4 Å². The first-order valence-electron chi connectivity index (χ1n) is 12.1. The second kappa shape index (κ2) is 12.7. The highest BCUT2D eigenvalue weighted by atomic mass is 28.3. The number of alkyl halides is 3. The third kappa shape index (κ3) is 8.37. The minimum absolute atomic E-state index is 0.114. The molecular weight excluding hydrogens is 543 g/mol. The molecule has 0 bridgehead atoms. The van der Waals surface area contributed by atoms with E-state index in [0.29, 0.717) is 19.6 Å². The zero-order valence-electron chi connectivity index (χ0n) is 22.0. The van der Waals surface area contributed by atoms with E-state index >= 15 is 0 Å². The molecule has 0 aliphatic rings. The molecule has 39 heavy (non-hydrogen) atoms. The summed E-state index contributed by atoms with van der Waals surface area (Å²) in [6, 6.07) is 2.81. The molecule has 8 nitrogen and oxygen atoms in total. The molecule has 0 spiro atoms. The van der Waals surface area contributed by atoms with Crippen LogP contribution in [0, 0.1) is 11.6 Å². The first kappa shape index (κ1) is 30.3. The monoisotopic (exact) mass is 574 g/mol. The maximum atomic E-state index is 14.8. The molecule has 1 aromatic carbocycles. The van der Waals surface area contributed by atoms with Gasteiger partial charge in [-0.25, -0.2) is 18.6 Å². The normalized spacial score (nSPS) is 12.1. The molecule has 3 rings (SSSR count). The van der Waals surface area contributed by atoms with E-state index in [1.54, 1.807) is 0 Å². The van der Waals surface area contributed by atoms with E-state index in [2.05, 4.69) is 35.3 Å². The molecule has 0 aliphatic heterocycles. The maximum absolute atomic E-state index is 14.8. The molecule has 0 atom stereocenters. The summed E-state index contributed by atoms with van der Waals surface area (Å²) in [5.74, 6) is -3.82. The number of benzene rings is 1. The van der Waals surface area contributed by atoms with E-state index < -0.39 is 54.4 Å². The van der Waals surface area contributed by atoms with Crippen LogP contribution in [0.3, 0.4) is 0 Å². The number of nitrogens with one attached hydrogen (secondary N) is 2. The lowest BCUT2D eigenvalue weighted by molar-refractivity contribution is -0.136. The van der Waals surface area contributed by atoms with Crippen LogP contribution < -0.4 is 15.4 Å². The zero-order valence-corrected chi connectivity index (χ0v) is 23.0. The van der Waals surface area contributed by atoms with E-state index in [1.807, 2.05) is 0 Å². The van der Waals surface area contributed by atoms with Crippen LogP contribution in [-0.2, 0) is 22.4 Å². The molecule has 0 fully saturated rings. The van der Waals surface area contributed by atoms with Crippen molar-refractivity contribution in [2.24, 2.45) is 0 Å². The predicted molar refractivity (Wildman–Crippen MR) is 139 cm³/mol. The summed E-state index contributed by atoms with van der Waals surface area (Å²) < 4.78 is 88.4. The molecule has 214 valence electrons. The van der Waals surface area contributed by atoms with Crippen molar-refractivity contribution in [3.8, 4) is 11.5 Å². The van der Waals surface area contributed by atoms with Gasteiger partial charge in [-0.1, -0.05) is 19.6 Å². The van der Waals surface area contributed by atoms with E-state index in [1.165, 1.54) is 17.9 Å². The van der Waals surface area contributed by atoms with Crippen LogP contribution in [-0.4, -0.2) is 50.5 Å². The van der Waals surface area contributed by atoms with Gasteiger partial charge in [-0.05, 0) is 18.5 Å².